The smallest absolute Gasteiger partial charge is 0.266 e. The number of methoxy groups -OCH3 is 1. The van der Waals surface area contributed by atoms with Crippen molar-refractivity contribution in [2.75, 3.05) is 12.4 Å². The van der Waals surface area contributed by atoms with E-state index >= 15 is 0 Å². The summed E-state index contributed by atoms with van der Waals surface area (Å²) in [6.07, 6.45) is 1.38. The first-order chi connectivity index (χ1) is 14.4. The molecular formula is C24H21ClN2O3. The van der Waals surface area contributed by atoms with Gasteiger partial charge in [-0.25, -0.2) is 0 Å². The van der Waals surface area contributed by atoms with E-state index < -0.39 is 5.91 Å². The lowest BCUT2D eigenvalue weighted by atomic mass is 10.1. The first kappa shape index (κ1) is 21.2. The van der Waals surface area contributed by atoms with Crippen LogP contribution in [-0.4, -0.2) is 19.1 Å². The van der Waals surface area contributed by atoms with Gasteiger partial charge in [0.05, 0.1) is 18.2 Å². The van der Waals surface area contributed by atoms with Crippen molar-refractivity contribution in [1.82, 2.24) is 0 Å². The monoisotopic (exact) mass is 420 g/mol. The first-order valence-electron chi connectivity index (χ1n) is 9.38. The maximum atomic E-state index is 12.8. The third kappa shape index (κ3) is 4.73. The van der Waals surface area contributed by atoms with E-state index in [1.165, 1.54) is 13.2 Å². The molecular weight excluding hydrogens is 400 g/mol. The Morgan fingerprint density at radius 3 is 2.60 bits per heavy atom. The summed E-state index contributed by atoms with van der Waals surface area (Å²) in [4.78, 5) is 12.8. The Balaban J connectivity index is 1.92. The number of benzene rings is 3. The summed E-state index contributed by atoms with van der Waals surface area (Å²) in [6.45, 7) is 3.77. The number of carbonyl (C=O) groups is 1. The number of rotatable bonds is 6. The van der Waals surface area contributed by atoms with Gasteiger partial charge in [0, 0.05) is 11.1 Å². The normalized spacial score (nSPS) is 11.3. The van der Waals surface area contributed by atoms with Crippen molar-refractivity contribution in [2.45, 2.75) is 20.0 Å². The lowest BCUT2D eigenvalue weighted by Gasteiger charge is -2.15. The number of halogens is 1. The van der Waals surface area contributed by atoms with Gasteiger partial charge >= 0.3 is 0 Å². The Morgan fingerprint density at radius 2 is 1.90 bits per heavy atom. The van der Waals surface area contributed by atoms with Crippen molar-refractivity contribution in [2.24, 2.45) is 0 Å². The van der Waals surface area contributed by atoms with Crippen molar-refractivity contribution in [3.63, 3.8) is 0 Å². The molecule has 0 fully saturated rings. The van der Waals surface area contributed by atoms with Crippen LogP contribution in [0.5, 0.6) is 11.5 Å². The highest BCUT2D eigenvalue weighted by Gasteiger charge is 2.15. The van der Waals surface area contributed by atoms with E-state index in [2.05, 4.69) is 5.32 Å². The molecule has 0 radical (unpaired) electrons. The quantitative estimate of drug-likeness (QED) is 0.402. The third-order valence-electron chi connectivity index (χ3n) is 4.32. The van der Waals surface area contributed by atoms with Crippen molar-refractivity contribution in [1.29, 1.82) is 5.26 Å². The molecule has 3 aromatic carbocycles. The minimum atomic E-state index is -0.508. The maximum absolute atomic E-state index is 12.8. The first-order valence-corrected chi connectivity index (χ1v) is 9.75. The van der Waals surface area contributed by atoms with Crippen molar-refractivity contribution in [3.8, 4) is 17.6 Å². The van der Waals surface area contributed by atoms with Gasteiger partial charge in [-0.15, -0.1) is 0 Å². The van der Waals surface area contributed by atoms with E-state index in [1.807, 2.05) is 56.3 Å². The largest absolute Gasteiger partial charge is 0.493 e. The molecule has 3 aromatic rings. The summed E-state index contributed by atoms with van der Waals surface area (Å²) >= 11 is 6.34. The van der Waals surface area contributed by atoms with E-state index in [0.29, 0.717) is 27.8 Å². The number of anilines is 1. The maximum Gasteiger partial charge on any atom is 0.266 e. The standard InChI is InChI=1S/C24H21ClN2O3/c1-15(2)30-23-20(25)12-16(13-22(23)29-3)11-18(14-26)24(28)27-21-10-6-8-17-7-4-5-9-19(17)21/h4-13,15H,1-3H3,(H,27,28)/b18-11+. The molecule has 30 heavy (non-hydrogen) atoms. The van der Waals surface area contributed by atoms with Gasteiger partial charge in [0.25, 0.3) is 5.91 Å². The van der Waals surface area contributed by atoms with E-state index in [1.54, 1.807) is 18.2 Å². The number of amides is 1. The molecule has 0 atom stereocenters. The fourth-order valence-electron chi connectivity index (χ4n) is 3.01. The van der Waals surface area contributed by atoms with Crippen LogP contribution in [0.3, 0.4) is 0 Å². The summed E-state index contributed by atoms with van der Waals surface area (Å²) in [7, 11) is 1.50. The average molecular weight is 421 g/mol. The van der Waals surface area contributed by atoms with E-state index in [9.17, 15) is 10.1 Å². The van der Waals surface area contributed by atoms with Gasteiger partial charge in [-0.2, -0.15) is 5.26 Å². The summed E-state index contributed by atoms with van der Waals surface area (Å²) in [5.74, 6) is 0.339. The fraction of sp³-hybridized carbons (Fsp3) is 0.167. The second-order valence-corrected chi connectivity index (χ2v) is 7.26. The highest BCUT2D eigenvalue weighted by Crippen LogP contribution is 2.37. The van der Waals surface area contributed by atoms with Gasteiger partial charge in [-0.05, 0) is 49.1 Å². The molecule has 0 unspecified atom stereocenters. The molecule has 0 aliphatic heterocycles. The van der Waals surface area contributed by atoms with Crippen LogP contribution in [-0.2, 0) is 4.79 Å². The molecule has 0 saturated heterocycles. The molecule has 0 aromatic heterocycles. The van der Waals surface area contributed by atoms with Gasteiger partial charge < -0.3 is 14.8 Å². The van der Waals surface area contributed by atoms with Crippen molar-refractivity contribution < 1.29 is 14.3 Å². The predicted octanol–water partition coefficient (Wildman–Crippen LogP) is 5.83. The zero-order chi connectivity index (χ0) is 21.7. The van der Waals surface area contributed by atoms with Crippen LogP contribution in [0.15, 0.2) is 60.2 Å². The predicted molar refractivity (Wildman–Crippen MR) is 120 cm³/mol. The van der Waals surface area contributed by atoms with Crippen LogP contribution in [0.4, 0.5) is 5.69 Å². The molecule has 3 rings (SSSR count). The second kappa shape index (κ2) is 9.34. The third-order valence-corrected chi connectivity index (χ3v) is 4.60. The average Bonchev–Trinajstić information content (AvgIpc) is 2.73. The van der Waals surface area contributed by atoms with Crippen LogP contribution in [0.1, 0.15) is 19.4 Å². The molecule has 0 aliphatic rings. The van der Waals surface area contributed by atoms with E-state index in [-0.39, 0.29) is 11.7 Å². The zero-order valence-corrected chi connectivity index (χ0v) is 17.7. The SMILES string of the molecule is COc1cc(/C=C(\C#N)C(=O)Nc2cccc3ccccc23)cc(Cl)c1OC(C)C. The molecule has 0 bridgehead atoms. The minimum Gasteiger partial charge on any atom is -0.493 e. The number of hydrogen-bond acceptors (Lipinski definition) is 4. The van der Waals surface area contributed by atoms with Crippen LogP contribution < -0.4 is 14.8 Å². The molecule has 1 amide bonds. The second-order valence-electron chi connectivity index (χ2n) is 6.85. The summed E-state index contributed by atoms with van der Waals surface area (Å²) < 4.78 is 11.1. The van der Waals surface area contributed by atoms with Crippen LogP contribution >= 0.6 is 11.6 Å². The highest BCUT2D eigenvalue weighted by molar-refractivity contribution is 6.32. The number of carbonyl (C=O) groups excluding carboxylic acids is 1. The summed E-state index contributed by atoms with van der Waals surface area (Å²) in [6, 6.07) is 18.6. The molecule has 152 valence electrons. The zero-order valence-electron chi connectivity index (χ0n) is 16.9. The van der Waals surface area contributed by atoms with Gasteiger partial charge in [0.1, 0.15) is 11.6 Å². The van der Waals surface area contributed by atoms with Crippen LogP contribution in [0.25, 0.3) is 16.8 Å². The Morgan fingerprint density at radius 1 is 1.17 bits per heavy atom. The van der Waals surface area contributed by atoms with E-state index in [4.69, 9.17) is 21.1 Å². The molecule has 0 spiro atoms. The molecule has 5 nitrogen and oxygen atoms in total. The van der Waals surface area contributed by atoms with Crippen molar-refractivity contribution in [3.05, 3.63) is 70.8 Å². The summed E-state index contributed by atoms with van der Waals surface area (Å²) in [5.41, 5.74) is 1.13. The Kier molecular flexibility index (Phi) is 6.61. The number of ether oxygens (including phenoxy) is 2. The number of hydrogen-bond donors (Lipinski definition) is 1. The molecule has 0 aliphatic carbocycles. The number of nitrogens with one attached hydrogen (secondary N) is 1. The van der Waals surface area contributed by atoms with Gasteiger partial charge in [-0.3, -0.25) is 4.79 Å². The lowest BCUT2D eigenvalue weighted by molar-refractivity contribution is -0.112. The topological polar surface area (TPSA) is 71.3 Å². The number of nitrogens with zero attached hydrogens (tertiary/aromatic N) is 1. The highest BCUT2D eigenvalue weighted by atomic mass is 35.5. The summed E-state index contributed by atoms with van der Waals surface area (Å²) in [5, 5.41) is 14.6. The Hall–Kier alpha value is -3.49. The Labute approximate surface area is 180 Å². The molecule has 6 heteroatoms. The van der Waals surface area contributed by atoms with Gasteiger partial charge in [-0.1, -0.05) is 48.0 Å². The van der Waals surface area contributed by atoms with Gasteiger partial charge in [0.2, 0.25) is 0 Å². The lowest BCUT2D eigenvalue weighted by Crippen LogP contribution is -2.13. The molecule has 1 N–H and O–H groups in total. The van der Waals surface area contributed by atoms with Crippen LogP contribution in [0.2, 0.25) is 5.02 Å². The molecule has 0 saturated carbocycles. The number of nitriles is 1. The van der Waals surface area contributed by atoms with Crippen LogP contribution in [0, 0.1) is 11.3 Å². The number of fused-ring (bicyclic) bond motifs is 1. The van der Waals surface area contributed by atoms with Gasteiger partial charge in [0.15, 0.2) is 11.5 Å². The Bertz CT molecular complexity index is 1160. The fourth-order valence-corrected chi connectivity index (χ4v) is 3.28. The molecule has 0 heterocycles. The van der Waals surface area contributed by atoms with E-state index in [0.717, 1.165) is 10.8 Å². The minimum absolute atomic E-state index is 0.0569. The van der Waals surface area contributed by atoms with Crippen molar-refractivity contribution >= 4 is 40.0 Å².